The van der Waals surface area contributed by atoms with Gasteiger partial charge in [-0.15, -0.1) is 0 Å². The Morgan fingerprint density at radius 2 is 1.48 bits per heavy atom. The van der Waals surface area contributed by atoms with E-state index in [9.17, 15) is 0 Å². The topological polar surface area (TPSA) is 31.3 Å². The van der Waals surface area contributed by atoms with E-state index in [-0.39, 0.29) is 0 Å². The summed E-state index contributed by atoms with van der Waals surface area (Å²) in [6, 6.07) is 16.3. The molecule has 2 aliphatic heterocycles. The maximum atomic E-state index is 6.05. The third kappa shape index (κ3) is 3.25. The molecule has 4 rings (SSSR count). The maximum absolute atomic E-state index is 6.05. The summed E-state index contributed by atoms with van der Waals surface area (Å²) in [6.07, 6.45) is 0. The van der Waals surface area contributed by atoms with Crippen LogP contribution in [0.4, 0.5) is 11.4 Å². The van der Waals surface area contributed by atoms with Gasteiger partial charge >= 0.3 is 0 Å². The average Bonchev–Trinajstić information content (AvgIpc) is 2.65. The van der Waals surface area contributed by atoms with E-state index in [1.165, 1.54) is 0 Å². The highest BCUT2D eigenvalue weighted by molar-refractivity contribution is 6.06. The zero-order chi connectivity index (χ0) is 17.2. The molecule has 2 heterocycles. The molecule has 0 aromatic heterocycles. The van der Waals surface area contributed by atoms with Gasteiger partial charge in [0.15, 0.2) is 11.5 Å². The lowest BCUT2D eigenvalue weighted by atomic mass is 10.1. The van der Waals surface area contributed by atoms with Crippen LogP contribution in [0.15, 0.2) is 53.5 Å². The number of ether oxygens (including phenoxy) is 1. The van der Waals surface area contributed by atoms with Crippen LogP contribution in [0.3, 0.4) is 0 Å². The van der Waals surface area contributed by atoms with Crippen LogP contribution in [0.1, 0.15) is 6.92 Å². The highest BCUT2D eigenvalue weighted by Gasteiger charge is 2.25. The second-order valence-electron chi connectivity index (χ2n) is 6.64. The van der Waals surface area contributed by atoms with Crippen molar-refractivity contribution in [1.29, 1.82) is 0 Å². The predicted octanol–water partition coefficient (Wildman–Crippen LogP) is 3.55. The third-order valence-corrected chi connectivity index (χ3v) is 4.85. The standard InChI is InChI=1S/C20H24N4O/c1-16(21-15-23-13-11-22(2)12-14-23)24-17-7-3-5-9-19(17)25-20-10-6-4-8-18(20)24/h3-10H,11-15H2,1-2H3/b21-16+. The lowest BCUT2D eigenvalue weighted by Crippen LogP contribution is -2.44. The minimum absolute atomic E-state index is 0.737. The number of fused-ring (bicyclic) bond motifs is 2. The van der Waals surface area contributed by atoms with Gasteiger partial charge in [-0.2, -0.15) is 0 Å². The number of anilines is 2. The highest BCUT2D eigenvalue weighted by Crippen LogP contribution is 2.46. The molecule has 0 unspecified atom stereocenters. The summed E-state index contributed by atoms with van der Waals surface area (Å²) >= 11 is 0. The van der Waals surface area contributed by atoms with E-state index in [1.54, 1.807) is 0 Å². The summed E-state index contributed by atoms with van der Waals surface area (Å²) in [5, 5.41) is 0. The van der Waals surface area contributed by atoms with Gasteiger partial charge in [-0.25, -0.2) is 0 Å². The van der Waals surface area contributed by atoms with E-state index in [2.05, 4.69) is 40.8 Å². The highest BCUT2D eigenvalue weighted by atomic mass is 16.5. The van der Waals surface area contributed by atoms with Crippen molar-refractivity contribution in [3.8, 4) is 11.5 Å². The Balaban J connectivity index is 1.61. The van der Waals surface area contributed by atoms with Crippen LogP contribution in [0.5, 0.6) is 11.5 Å². The molecule has 1 saturated heterocycles. The molecule has 0 amide bonds. The molecule has 2 aromatic rings. The molecule has 0 saturated carbocycles. The van der Waals surface area contributed by atoms with E-state index in [0.29, 0.717) is 0 Å². The minimum atomic E-state index is 0.737. The van der Waals surface area contributed by atoms with Gasteiger partial charge in [0, 0.05) is 26.2 Å². The van der Waals surface area contributed by atoms with Crippen molar-refractivity contribution in [2.24, 2.45) is 4.99 Å². The Morgan fingerprint density at radius 3 is 2.08 bits per heavy atom. The van der Waals surface area contributed by atoms with Crippen LogP contribution in [-0.4, -0.2) is 55.5 Å². The quantitative estimate of drug-likeness (QED) is 0.620. The molecule has 0 N–H and O–H groups in total. The average molecular weight is 336 g/mol. The number of para-hydroxylation sites is 4. The van der Waals surface area contributed by atoms with Crippen LogP contribution in [0, 0.1) is 0 Å². The first-order valence-corrected chi connectivity index (χ1v) is 8.80. The second-order valence-corrected chi connectivity index (χ2v) is 6.64. The van der Waals surface area contributed by atoms with Gasteiger partial charge in [-0.3, -0.25) is 14.8 Å². The summed E-state index contributed by atoms with van der Waals surface area (Å²) in [5.41, 5.74) is 2.08. The summed E-state index contributed by atoms with van der Waals surface area (Å²) in [5.74, 6) is 2.73. The lowest BCUT2D eigenvalue weighted by molar-refractivity contribution is 0.158. The van der Waals surface area contributed by atoms with Gasteiger partial charge in [0.1, 0.15) is 5.84 Å². The number of benzene rings is 2. The number of rotatable bonds is 2. The Kier molecular flexibility index (Phi) is 4.42. The fraction of sp³-hybridized carbons (Fsp3) is 0.350. The van der Waals surface area contributed by atoms with Crippen molar-refractivity contribution in [2.75, 3.05) is 44.8 Å². The summed E-state index contributed by atoms with van der Waals surface area (Å²) in [6.45, 7) is 7.18. The normalized spacial score (nSPS) is 18.5. The van der Waals surface area contributed by atoms with Crippen molar-refractivity contribution < 1.29 is 4.74 Å². The molecular weight excluding hydrogens is 312 g/mol. The summed E-state index contributed by atoms with van der Waals surface area (Å²) in [4.78, 5) is 11.9. The minimum Gasteiger partial charge on any atom is -0.453 e. The Hall–Kier alpha value is -2.37. The van der Waals surface area contributed by atoms with Crippen LogP contribution in [0.2, 0.25) is 0 Å². The maximum Gasteiger partial charge on any atom is 0.151 e. The fourth-order valence-electron chi connectivity index (χ4n) is 3.32. The monoisotopic (exact) mass is 336 g/mol. The molecule has 1 fully saturated rings. The SMILES string of the molecule is C/C(=N\CN1CCN(C)CC1)N1c2ccccc2Oc2ccccc21. The van der Waals surface area contributed by atoms with Crippen molar-refractivity contribution in [3.63, 3.8) is 0 Å². The molecule has 2 aliphatic rings. The number of piperazine rings is 1. The first-order valence-electron chi connectivity index (χ1n) is 8.80. The van der Waals surface area contributed by atoms with Gasteiger partial charge in [-0.05, 0) is 38.2 Å². The Morgan fingerprint density at radius 1 is 0.920 bits per heavy atom. The van der Waals surface area contributed by atoms with Gasteiger partial charge in [0.2, 0.25) is 0 Å². The molecule has 2 aromatic carbocycles. The molecule has 5 nitrogen and oxygen atoms in total. The van der Waals surface area contributed by atoms with E-state index in [0.717, 1.165) is 61.6 Å². The molecule has 0 spiro atoms. The van der Waals surface area contributed by atoms with Crippen molar-refractivity contribution >= 4 is 17.2 Å². The van der Waals surface area contributed by atoms with Crippen molar-refractivity contribution in [2.45, 2.75) is 6.92 Å². The number of nitrogens with zero attached hydrogens (tertiary/aromatic N) is 4. The zero-order valence-electron chi connectivity index (χ0n) is 14.9. The van der Waals surface area contributed by atoms with E-state index in [1.807, 2.05) is 36.4 Å². The molecule has 0 radical (unpaired) electrons. The van der Waals surface area contributed by atoms with Crippen molar-refractivity contribution in [1.82, 2.24) is 9.80 Å². The Labute approximate surface area is 149 Å². The van der Waals surface area contributed by atoms with Crippen LogP contribution in [-0.2, 0) is 0 Å². The molecule has 25 heavy (non-hydrogen) atoms. The van der Waals surface area contributed by atoms with E-state index in [4.69, 9.17) is 9.73 Å². The second kappa shape index (κ2) is 6.86. The van der Waals surface area contributed by atoms with Crippen LogP contribution < -0.4 is 9.64 Å². The number of hydrogen-bond donors (Lipinski definition) is 0. The van der Waals surface area contributed by atoms with Crippen LogP contribution >= 0.6 is 0 Å². The van der Waals surface area contributed by atoms with E-state index < -0.39 is 0 Å². The molecular formula is C20H24N4O. The Bertz CT molecular complexity index is 735. The summed E-state index contributed by atoms with van der Waals surface area (Å²) < 4.78 is 6.05. The van der Waals surface area contributed by atoms with Gasteiger partial charge < -0.3 is 9.64 Å². The first kappa shape index (κ1) is 16.1. The molecule has 5 heteroatoms. The fourth-order valence-corrected chi connectivity index (χ4v) is 3.32. The largest absolute Gasteiger partial charge is 0.453 e. The molecule has 130 valence electrons. The number of amidine groups is 1. The zero-order valence-corrected chi connectivity index (χ0v) is 14.9. The van der Waals surface area contributed by atoms with Crippen LogP contribution in [0.25, 0.3) is 0 Å². The number of hydrogen-bond acceptors (Lipinski definition) is 4. The van der Waals surface area contributed by atoms with Crippen molar-refractivity contribution in [3.05, 3.63) is 48.5 Å². The smallest absolute Gasteiger partial charge is 0.151 e. The molecule has 0 aliphatic carbocycles. The number of likely N-dealkylation sites (N-methyl/N-ethyl adjacent to an activating group) is 1. The first-order chi connectivity index (χ1) is 12.2. The van der Waals surface area contributed by atoms with E-state index >= 15 is 0 Å². The number of aliphatic imine (C=N–C) groups is 1. The lowest BCUT2D eigenvalue weighted by Gasteiger charge is -2.34. The third-order valence-electron chi connectivity index (χ3n) is 4.85. The van der Waals surface area contributed by atoms with Gasteiger partial charge in [0.25, 0.3) is 0 Å². The molecule has 0 atom stereocenters. The van der Waals surface area contributed by atoms with Gasteiger partial charge in [-0.1, -0.05) is 24.3 Å². The molecule has 0 bridgehead atoms. The summed E-state index contributed by atoms with van der Waals surface area (Å²) in [7, 11) is 2.17. The van der Waals surface area contributed by atoms with Gasteiger partial charge in [0.05, 0.1) is 18.0 Å². The predicted molar refractivity (Wildman–Crippen MR) is 102 cm³/mol.